The number of anilines is 2. The zero-order valence-electron chi connectivity index (χ0n) is 20.4. The van der Waals surface area contributed by atoms with Gasteiger partial charge in [0.25, 0.3) is 0 Å². The maximum atomic E-state index is 13.6. The van der Waals surface area contributed by atoms with Crippen LogP contribution in [0, 0.1) is 25.2 Å². The van der Waals surface area contributed by atoms with Crippen molar-refractivity contribution in [2.75, 3.05) is 37.4 Å². The Balaban J connectivity index is 2.07. The summed E-state index contributed by atoms with van der Waals surface area (Å²) in [5.41, 5.74) is -2.95. The molecule has 5 nitrogen and oxygen atoms in total. The van der Waals surface area contributed by atoms with Gasteiger partial charge in [-0.2, -0.15) is 26.3 Å². The monoisotopic (exact) mass is 515 g/mol. The lowest BCUT2D eigenvalue weighted by molar-refractivity contribution is -0.143. The van der Waals surface area contributed by atoms with Gasteiger partial charge >= 0.3 is 12.4 Å². The smallest absolute Gasteiger partial charge is 0.325 e. The predicted molar refractivity (Wildman–Crippen MR) is 123 cm³/mol. The van der Waals surface area contributed by atoms with E-state index < -0.39 is 46.4 Å². The molecule has 1 saturated heterocycles. The molecule has 3 rings (SSSR count). The van der Waals surface area contributed by atoms with Crippen molar-refractivity contribution in [3.05, 3.63) is 58.7 Å². The van der Waals surface area contributed by atoms with Gasteiger partial charge in [-0.1, -0.05) is 25.1 Å². The number of hydrogen-bond acceptors (Lipinski definition) is 3. The normalized spacial score (nSPS) is 20.8. The Hall–Kier alpha value is -3.08. The maximum Gasteiger partial charge on any atom is 0.416 e. The molecule has 2 unspecified atom stereocenters. The molecule has 2 atom stereocenters. The zero-order valence-corrected chi connectivity index (χ0v) is 20.4. The number of amides is 2. The van der Waals surface area contributed by atoms with E-state index in [1.54, 1.807) is 25.9 Å². The molecule has 0 aliphatic carbocycles. The number of para-hydroxylation sites is 1. The van der Waals surface area contributed by atoms with E-state index in [0.717, 1.165) is 11.1 Å². The van der Waals surface area contributed by atoms with Crippen LogP contribution in [0.1, 0.15) is 29.2 Å². The van der Waals surface area contributed by atoms with Gasteiger partial charge in [0.05, 0.1) is 22.5 Å². The Morgan fingerprint density at radius 3 is 1.97 bits per heavy atom. The van der Waals surface area contributed by atoms with Crippen molar-refractivity contribution in [1.82, 2.24) is 4.90 Å². The standard InChI is InChI=1S/C25H27F6N3O2/c1-14-7-6-8-15(2)20(14)34-13-23(12-33(4)5,16(3)21(34)35)22(36)32-19-10-17(24(26,27)28)9-18(11-19)25(29,30)31/h6-11,16H,12-13H2,1-5H3,(H,32,36). The summed E-state index contributed by atoms with van der Waals surface area (Å²) < 4.78 is 79.9. The average Bonchev–Trinajstić information content (AvgIpc) is 2.98. The van der Waals surface area contributed by atoms with Crippen molar-refractivity contribution in [3.8, 4) is 0 Å². The first-order valence-corrected chi connectivity index (χ1v) is 11.1. The van der Waals surface area contributed by atoms with Gasteiger partial charge in [-0.3, -0.25) is 9.59 Å². The van der Waals surface area contributed by atoms with Crippen LogP contribution >= 0.6 is 0 Å². The number of alkyl halides is 6. The highest BCUT2D eigenvalue weighted by atomic mass is 19.4. The molecule has 0 saturated carbocycles. The Morgan fingerprint density at radius 2 is 1.53 bits per heavy atom. The third kappa shape index (κ3) is 5.21. The Bertz CT molecular complexity index is 1120. The predicted octanol–water partition coefficient (Wildman–Crippen LogP) is 5.51. The summed E-state index contributed by atoms with van der Waals surface area (Å²) in [7, 11) is 3.33. The van der Waals surface area contributed by atoms with E-state index in [1.807, 2.05) is 32.0 Å². The molecular formula is C25H27F6N3O2. The third-order valence-electron chi connectivity index (χ3n) is 6.51. The summed E-state index contributed by atoms with van der Waals surface area (Å²) in [6, 6.07) is 6.36. The maximum absolute atomic E-state index is 13.6. The summed E-state index contributed by atoms with van der Waals surface area (Å²) in [6.45, 7) is 5.12. The van der Waals surface area contributed by atoms with Crippen LogP contribution in [0.15, 0.2) is 36.4 Å². The first kappa shape index (κ1) is 27.5. The van der Waals surface area contributed by atoms with Crippen LogP contribution in [0.4, 0.5) is 37.7 Å². The highest BCUT2D eigenvalue weighted by molar-refractivity contribution is 6.08. The first-order chi connectivity index (χ1) is 16.5. The molecule has 1 heterocycles. The summed E-state index contributed by atoms with van der Waals surface area (Å²) >= 11 is 0. The molecule has 2 amide bonds. The first-order valence-electron chi connectivity index (χ1n) is 11.1. The van der Waals surface area contributed by atoms with E-state index >= 15 is 0 Å². The Morgan fingerprint density at radius 1 is 1.03 bits per heavy atom. The number of carbonyl (C=O) groups excluding carboxylic acids is 2. The average molecular weight is 515 g/mol. The lowest BCUT2D eigenvalue weighted by Crippen LogP contribution is -2.49. The molecule has 0 spiro atoms. The zero-order chi connectivity index (χ0) is 27.2. The molecule has 1 aliphatic rings. The largest absolute Gasteiger partial charge is 0.416 e. The molecule has 2 aromatic carbocycles. The van der Waals surface area contributed by atoms with Crippen LogP contribution in [-0.4, -0.2) is 43.9 Å². The van der Waals surface area contributed by atoms with Gasteiger partial charge in [0.15, 0.2) is 0 Å². The van der Waals surface area contributed by atoms with E-state index in [9.17, 15) is 35.9 Å². The topological polar surface area (TPSA) is 52.6 Å². The van der Waals surface area contributed by atoms with Crippen LogP contribution in [0.25, 0.3) is 0 Å². The second-order valence-corrected chi connectivity index (χ2v) is 9.53. The second-order valence-electron chi connectivity index (χ2n) is 9.53. The number of nitrogens with zero attached hydrogens (tertiary/aromatic N) is 2. The van der Waals surface area contributed by atoms with E-state index in [0.29, 0.717) is 17.8 Å². The minimum atomic E-state index is -5.06. The second kappa shape index (κ2) is 9.42. The van der Waals surface area contributed by atoms with Crippen molar-refractivity contribution in [2.45, 2.75) is 33.1 Å². The van der Waals surface area contributed by atoms with Crippen molar-refractivity contribution in [1.29, 1.82) is 0 Å². The van der Waals surface area contributed by atoms with Gasteiger partial charge in [-0.15, -0.1) is 0 Å². The molecule has 2 aromatic rings. The van der Waals surface area contributed by atoms with Crippen molar-refractivity contribution in [2.24, 2.45) is 11.3 Å². The van der Waals surface area contributed by atoms with Gasteiger partial charge in [0.1, 0.15) is 0 Å². The van der Waals surface area contributed by atoms with Crippen molar-refractivity contribution >= 4 is 23.2 Å². The van der Waals surface area contributed by atoms with Crippen LogP contribution in [-0.2, 0) is 21.9 Å². The van der Waals surface area contributed by atoms with E-state index in [4.69, 9.17) is 0 Å². The molecule has 1 aliphatic heterocycles. The number of halogens is 6. The number of hydrogen-bond donors (Lipinski definition) is 1. The molecule has 196 valence electrons. The lowest BCUT2D eigenvalue weighted by atomic mass is 9.77. The summed E-state index contributed by atoms with van der Waals surface area (Å²) in [5, 5.41) is 2.26. The van der Waals surface area contributed by atoms with Crippen molar-refractivity contribution < 1.29 is 35.9 Å². The van der Waals surface area contributed by atoms with Crippen LogP contribution < -0.4 is 10.2 Å². The molecular weight excluding hydrogens is 488 g/mol. The lowest BCUT2D eigenvalue weighted by Gasteiger charge is -2.33. The van der Waals surface area contributed by atoms with Gasteiger partial charge in [-0.05, 0) is 57.3 Å². The Kier molecular flexibility index (Phi) is 7.20. The highest BCUT2D eigenvalue weighted by Crippen LogP contribution is 2.43. The molecule has 11 heteroatoms. The van der Waals surface area contributed by atoms with Crippen LogP contribution in [0.2, 0.25) is 0 Å². The fourth-order valence-electron chi connectivity index (χ4n) is 4.76. The van der Waals surface area contributed by atoms with E-state index in [2.05, 4.69) is 5.32 Å². The van der Waals surface area contributed by atoms with Crippen LogP contribution in [0.3, 0.4) is 0 Å². The third-order valence-corrected chi connectivity index (χ3v) is 6.51. The molecule has 0 radical (unpaired) electrons. The fraction of sp³-hybridized carbons (Fsp3) is 0.440. The number of nitrogens with one attached hydrogen (secondary N) is 1. The molecule has 0 bridgehead atoms. The molecule has 36 heavy (non-hydrogen) atoms. The fourth-order valence-corrected chi connectivity index (χ4v) is 4.76. The SMILES string of the molecule is Cc1cccc(C)c1N1CC(CN(C)C)(C(=O)Nc2cc(C(F)(F)F)cc(C(F)(F)F)c2)C(C)C1=O. The molecule has 0 aromatic heterocycles. The number of aryl methyl sites for hydroxylation is 2. The summed E-state index contributed by atoms with van der Waals surface area (Å²) in [5.74, 6) is -2.09. The van der Waals surface area contributed by atoms with Crippen LogP contribution in [0.5, 0.6) is 0 Å². The van der Waals surface area contributed by atoms with Gasteiger partial charge in [0, 0.05) is 24.5 Å². The summed E-state index contributed by atoms with van der Waals surface area (Å²) in [4.78, 5) is 30.1. The van der Waals surface area contributed by atoms with Gasteiger partial charge < -0.3 is 15.1 Å². The van der Waals surface area contributed by atoms with E-state index in [-0.39, 0.29) is 25.1 Å². The van der Waals surface area contributed by atoms with Gasteiger partial charge in [0.2, 0.25) is 11.8 Å². The van der Waals surface area contributed by atoms with Gasteiger partial charge in [-0.25, -0.2) is 0 Å². The Labute approximate surface area is 205 Å². The minimum absolute atomic E-state index is 0.00431. The minimum Gasteiger partial charge on any atom is -0.325 e. The number of rotatable bonds is 5. The van der Waals surface area contributed by atoms with Crippen molar-refractivity contribution in [3.63, 3.8) is 0 Å². The molecule has 1 fully saturated rings. The quantitative estimate of drug-likeness (QED) is 0.535. The highest BCUT2D eigenvalue weighted by Gasteiger charge is 2.56. The van der Waals surface area contributed by atoms with E-state index in [1.165, 1.54) is 4.90 Å². The molecule has 1 N–H and O–H groups in total. The summed E-state index contributed by atoms with van der Waals surface area (Å²) in [6.07, 6.45) is -10.1. The number of benzene rings is 2. The number of carbonyl (C=O) groups is 2.